The summed E-state index contributed by atoms with van der Waals surface area (Å²) >= 11 is 0. The van der Waals surface area contributed by atoms with Crippen LogP contribution in [0, 0.1) is 11.8 Å². The Balaban J connectivity index is 2.20. The lowest BCUT2D eigenvalue weighted by molar-refractivity contribution is -0.217. The van der Waals surface area contributed by atoms with E-state index >= 15 is 0 Å². The average Bonchev–Trinajstić information content (AvgIpc) is 2.55. The molecule has 4 nitrogen and oxygen atoms in total. The summed E-state index contributed by atoms with van der Waals surface area (Å²) in [5, 5.41) is 0. The van der Waals surface area contributed by atoms with Crippen molar-refractivity contribution in [3.05, 3.63) is 0 Å². The van der Waals surface area contributed by atoms with Gasteiger partial charge < -0.3 is 14.2 Å². The molecule has 0 aromatic heterocycles. The molecule has 0 radical (unpaired) electrons. The molecule has 2 saturated heterocycles. The largest absolute Gasteiger partial charge is 0.462 e. The van der Waals surface area contributed by atoms with Gasteiger partial charge in [-0.25, -0.2) is 0 Å². The van der Waals surface area contributed by atoms with Crippen LogP contribution in [0.25, 0.3) is 0 Å². The van der Waals surface area contributed by atoms with Crippen LogP contribution in [0.4, 0.5) is 0 Å². The Bertz CT molecular complexity index is 278. The third-order valence-electron chi connectivity index (χ3n) is 3.67. The summed E-state index contributed by atoms with van der Waals surface area (Å²) in [6.45, 7) is 5.83. The summed E-state index contributed by atoms with van der Waals surface area (Å²) in [4.78, 5) is 11.7. The number of methoxy groups -OCH3 is 1. The number of carbonyl (C=O) groups excluding carboxylic acids is 1. The number of esters is 1. The lowest BCUT2D eigenvalue weighted by Gasteiger charge is -2.34. The topological polar surface area (TPSA) is 44.8 Å². The van der Waals surface area contributed by atoms with Crippen LogP contribution >= 0.6 is 0 Å². The molecule has 5 atom stereocenters. The zero-order valence-corrected chi connectivity index (χ0v) is 9.65. The lowest BCUT2D eigenvalue weighted by atomic mass is 9.85. The molecular formula is C11H18O4. The molecule has 0 aromatic carbocycles. The van der Waals surface area contributed by atoms with Gasteiger partial charge >= 0.3 is 5.97 Å². The van der Waals surface area contributed by atoms with Crippen molar-refractivity contribution in [3.8, 4) is 0 Å². The van der Waals surface area contributed by atoms with Crippen LogP contribution in [-0.4, -0.2) is 31.1 Å². The number of cyclic esters (lactones) is 1. The molecule has 0 N–H and O–H groups in total. The van der Waals surface area contributed by atoms with E-state index in [1.165, 1.54) is 0 Å². The van der Waals surface area contributed by atoms with Crippen LogP contribution in [-0.2, 0) is 19.0 Å². The van der Waals surface area contributed by atoms with Crippen molar-refractivity contribution >= 4 is 5.97 Å². The monoisotopic (exact) mass is 214 g/mol. The van der Waals surface area contributed by atoms with Gasteiger partial charge in [-0.05, 0) is 13.8 Å². The number of ether oxygens (including phenoxy) is 3. The van der Waals surface area contributed by atoms with Crippen LogP contribution in [0.5, 0.6) is 0 Å². The molecular weight excluding hydrogens is 196 g/mol. The van der Waals surface area contributed by atoms with E-state index in [1.807, 2.05) is 13.8 Å². The standard InChI is InChI=1S/C11H18O4/c1-6-7(2)14-10(12)8-5-11(3,13-4)15-9(6)8/h6-9H,5H2,1-4H3/t6-,7-,8+,9+,11?/m0/s1. The van der Waals surface area contributed by atoms with Gasteiger partial charge in [0, 0.05) is 19.4 Å². The molecule has 0 aliphatic carbocycles. The molecule has 0 amide bonds. The van der Waals surface area contributed by atoms with Crippen LogP contribution in [0.15, 0.2) is 0 Å². The number of fused-ring (bicyclic) bond motifs is 1. The maximum Gasteiger partial charge on any atom is 0.312 e. The summed E-state index contributed by atoms with van der Waals surface area (Å²) in [5.74, 6) is -0.718. The van der Waals surface area contributed by atoms with Crippen molar-refractivity contribution in [3.63, 3.8) is 0 Å². The quantitative estimate of drug-likeness (QED) is 0.618. The third kappa shape index (κ3) is 1.66. The summed E-state index contributed by atoms with van der Waals surface area (Å²) in [7, 11) is 1.61. The van der Waals surface area contributed by atoms with E-state index in [0.717, 1.165) is 0 Å². The Kier molecular flexibility index (Phi) is 2.51. The van der Waals surface area contributed by atoms with Gasteiger partial charge in [0.1, 0.15) is 6.10 Å². The first-order valence-electron chi connectivity index (χ1n) is 5.40. The molecule has 2 rings (SSSR count). The minimum atomic E-state index is -0.632. The van der Waals surface area contributed by atoms with Crippen LogP contribution in [0.2, 0.25) is 0 Å². The Morgan fingerprint density at radius 2 is 2.13 bits per heavy atom. The zero-order valence-electron chi connectivity index (χ0n) is 9.65. The van der Waals surface area contributed by atoms with Gasteiger partial charge in [-0.15, -0.1) is 0 Å². The average molecular weight is 214 g/mol. The van der Waals surface area contributed by atoms with E-state index in [9.17, 15) is 4.79 Å². The Hall–Kier alpha value is -0.610. The molecule has 4 heteroatoms. The normalized spacial score (nSPS) is 50.0. The lowest BCUT2D eigenvalue weighted by Crippen LogP contribution is -2.44. The fourth-order valence-electron chi connectivity index (χ4n) is 2.40. The summed E-state index contributed by atoms with van der Waals surface area (Å²) < 4.78 is 16.4. The summed E-state index contributed by atoms with van der Waals surface area (Å²) in [5.41, 5.74) is 0. The highest BCUT2D eigenvalue weighted by atomic mass is 16.7. The van der Waals surface area contributed by atoms with Crippen molar-refractivity contribution in [1.82, 2.24) is 0 Å². The fraction of sp³-hybridized carbons (Fsp3) is 0.909. The van der Waals surface area contributed by atoms with Crippen molar-refractivity contribution in [2.45, 2.75) is 45.2 Å². The molecule has 2 heterocycles. The SMILES string of the molecule is COC1(C)C[C@H]2C(=O)O[C@@H](C)[C@H](C)[C@H]2O1. The highest BCUT2D eigenvalue weighted by Crippen LogP contribution is 2.43. The highest BCUT2D eigenvalue weighted by Gasteiger charge is 2.53. The molecule has 86 valence electrons. The minimum Gasteiger partial charge on any atom is -0.462 e. The number of rotatable bonds is 1. The Morgan fingerprint density at radius 3 is 2.73 bits per heavy atom. The molecule has 0 bridgehead atoms. The van der Waals surface area contributed by atoms with Crippen molar-refractivity contribution in [1.29, 1.82) is 0 Å². The second-order valence-corrected chi connectivity index (χ2v) is 4.73. The van der Waals surface area contributed by atoms with Gasteiger partial charge in [-0.1, -0.05) is 6.92 Å². The molecule has 0 spiro atoms. The summed E-state index contributed by atoms with van der Waals surface area (Å²) in [6.07, 6.45) is 0.452. The van der Waals surface area contributed by atoms with Crippen molar-refractivity contribution in [2.24, 2.45) is 11.8 Å². The van der Waals surface area contributed by atoms with E-state index in [2.05, 4.69) is 6.92 Å². The first kappa shape index (κ1) is 10.9. The van der Waals surface area contributed by atoms with Gasteiger partial charge in [-0.2, -0.15) is 0 Å². The number of carbonyl (C=O) groups is 1. The molecule has 1 unspecified atom stereocenters. The summed E-state index contributed by atoms with van der Waals surface area (Å²) in [6, 6.07) is 0. The first-order chi connectivity index (χ1) is 6.97. The fourth-order valence-corrected chi connectivity index (χ4v) is 2.40. The zero-order chi connectivity index (χ0) is 11.2. The highest BCUT2D eigenvalue weighted by molar-refractivity contribution is 5.74. The van der Waals surface area contributed by atoms with E-state index in [4.69, 9.17) is 14.2 Å². The molecule has 0 saturated carbocycles. The van der Waals surface area contributed by atoms with Crippen LogP contribution in [0.3, 0.4) is 0 Å². The molecule has 15 heavy (non-hydrogen) atoms. The van der Waals surface area contributed by atoms with Crippen LogP contribution in [0.1, 0.15) is 27.2 Å². The maximum atomic E-state index is 11.7. The van der Waals surface area contributed by atoms with Crippen molar-refractivity contribution < 1.29 is 19.0 Å². The van der Waals surface area contributed by atoms with E-state index in [0.29, 0.717) is 6.42 Å². The first-order valence-corrected chi connectivity index (χ1v) is 5.40. The Morgan fingerprint density at radius 1 is 1.47 bits per heavy atom. The van der Waals surface area contributed by atoms with Gasteiger partial charge in [0.2, 0.25) is 0 Å². The molecule has 0 aromatic rings. The minimum absolute atomic E-state index is 0.0637. The molecule has 2 aliphatic rings. The van der Waals surface area contributed by atoms with E-state index in [1.54, 1.807) is 7.11 Å². The third-order valence-corrected chi connectivity index (χ3v) is 3.67. The van der Waals surface area contributed by atoms with Gasteiger partial charge in [0.15, 0.2) is 5.79 Å². The molecule has 2 fully saturated rings. The van der Waals surface area contributed by atoms with Gasteiger partial charge in [-0.3, -0.25) is 4.79 Å². The van der Waals surface area contributed by atoms with Crippen molar-refractivity contribution in [2.75, 3.05) is 7.11 Å². The molecule has 2 aliphatic heterocycles. The second kappa shape index (κ2) is 3.46. The predicted octanol–water partition coefficient (Wildman–Crippen LogP) is 1.34. The number of hydrogen-bond acceptors (Lipinski definition) is 4. The van der Waals surface area contributed by atoms with Crippen LogP contribution < -0.4 is 0 Å². The van der Waals surface area contributed by atoms with E-state index in [-0.39, 0.29) is 30.0 Å². The number of hydrogen-bond donors (Lipinski definition) is 0. The Labute approximate surface area is 89.9 Å². The maximum absolute atomic E-state index is 11.7. The van der Waals surface area contributed by atoms with E-state index < -0.39 is 5.79 Å². The van der Waals surface area contributed by atoms with Gasteiger partial charge in [0.25, 0.3) is 0 Å². The smallest absolute Gasteiger partial charge is 0.312 e. The predicted molar refractivity (Wildman–Crippen MR) is 53.1 cm³/mol. The second-order valence-electron chi connectivity index (χ2n) is 4.73. The van der Waals surface area contributed by atoms with Gasteiger partial charge in [0.05, 0.1) is 12.0 Å².